The fourth-order valence-electron chi connectivity index (χ4n) is 3.32. The first kappa shape index (κ1) is 17.9. The Hall–Kier alpha value is -2.95. The monoisotopic (exact) mass is 350 g/mol. The van der Waals surface area contributed by atoms with Crippen molar-refractivity contribution in [3.05, 3.63) is 71.1 Å². The van der Waals surface area contributed by atoms with Gasteiger partial charge in [-0.1, -0.05) is 37.6 Å². The van der Waals surface area contributed by atoms with Gasteiger partial charge in [-0.05, 0) is 36.6 Å². The van der Waals surface area contributed by atoms with Gasteiger partial charge in [0.15, 0.2) is 0 Å². The molecule has 1 aromatic heterocycles. The molecule has 0 aliphatic carbocycles. The summed E-state index contributed by atoms with van der Waals surface area (Å²) in [5, 5.41) is 10.8. The number of rotatable bonds is 5. The van der Waals surface area contributed by atoms with Gasteiger partial charge in [0.05, 0.1) is 11.6 Å². The maximum absolute atomic E-state index is 12.8. The van der Waals surface area contributed by atoms with Gasteiger partial charge in [-0.25, -0.2) is 0 Å². The van der Waals surface area contributed by atoms with Crippen molar-refractivity contribution < 1.29 is 14.7 Å². The van der Waals surface area contributed by atoms with E-state index in [9.17, 15) is 14.7 Å². The lowest BCUT2D eigenvalue weighted by Gasteiger charge is -2.26. The standard InChI is InChI=1S/C21H22N2O3/c1-3-4-13-23-18(16-8-6-5-7-14(16)2)17(20(25)21(23)26)19(24)15-9-11-22-12-10-15/h5-12,18,24H,3-4,13H2,1-2H3/b19-17-. The largest absolute Gasteiger partial charge is 0.507 e. The molecule has 1 N–H and O–H groups in total. The number of likely N-dealkylation sites (tertiary alicyclic amines) is 1. The summed E-state index contributed by atoms with van der Waals surface area (Å²) in [5.74, 6) is -1.34. The fraction of sp³-hybridized carbons (Fsp3) is 0.286. The number of carbonyl (C=O) groups is 2. The lowest BCUT2D eigenvalue weighted by molar-refractivity contribution is -0.139. The number of aliphatic hydroxyl groups is 1. The highest BCUT2D eigenvalue weighted by atomic mass is 16.3. The normalized spacial score (nSPS) is 19.2. The van der Waals surface area contributed by atoms with Crippen molar-refractivity contribution in [1.29, 1.82) is 0 Å². The van der Waals surface area contributed by atoms with Gasteiger partial charge in [-0.15, -0.1) is 0 Å². The molecule has 1 aliphatic heterocycles. The summed E-state index contributed by atoms with van der Waals surface area (Å²) in [6.45, 7) is 4.46. The van der Waals surface area contributed by atoms with E-state index in [1.807, 2.05) is 38.1 Å². The van der Waals surface area contributed by atoms with Crippen LogP contribution in [0.3, 0.4) is 0 Å². The molecule has 0 radical (unpaired) electrons. The Labute approximate surface area is 153 Å². The van der Waals surface area contributed by atoms with Crippen molar-refractivity contribution in [2.45, 2.75) is 32.7 Å². The second-order valence-electron chi connectivity index (χ2n) is 6.44. The number of amides is 1. The number of unbranched alkanes of at least 4 members (excludes halogenated alkanes) is 1. The molecule has 0 spiro atoms. The van der Waals surface area contributed by atoms with Crippen LogP contribution in [0.25, 0.3) is 5.76 Å². The van der Waals surface area contributed by atoms with Gasteiger partial charge < -0.3 is 10.0 Å². The minimum Gasteiger partial charge on any atom is -0.507 e. The first-order valence-electron chi connectivity index (χ1n) is 8.80. The molecule has 5 nitrogen and oxygen atoms in total. The minimum atomic E-state index is -0.635. The minimum absolute atomic E-state index is 0.145. The SMILES string of the molecule is CCCCN1C(=O)C(=O)/C(=C(\O)c2ccncc2)C1c1ccccc1C. The summed E-state index contributed by atoms with van der Waals surface area (Å²) in [5.41, 5.74) is 2.46. The summed E-state index contributed by atoms with van der Waals surface area (Å²) in [7, 11) is 0. The van der Waals surface area contributed by atoms with Crippen LogP contribution in [-0.4, -0.2) is 33.2 Å². The molecule has 1 saturated heterocycles. The fourth-order valence-corrected chi connectivity index (χ4v) is 3.32. The summed E-state index contributed by atoms with van der Waals surface area (Å²) in [6, 6.07) is 10.3. The molecular weight excluding hydrogens is 328 g/mol. The Balaban J connectivity index is 2.19. The summed E-state index contributed by atoms with van der Waals surface area (Å²) in [4.78, 5) is 31.0. The van der Waals surface area contributed by atoms with Crippen molar-refractivity contribution in [2.24, 2.45) is 0 Å². The van der Waals surface area contributed by atoms with Crippen LogP contribution < -0.4 is 0 Å². The number of carbonyl (C=O) groups excluding carboxylic acids is 2. The van der Waals surface area contributed by atoms with Gasteiger partial charge in [-0.2, -0.15) is 0 Å². The molecule has 1 atom stereocenters. The molecule has 1 fully saturated rings. The third-order valence-electron chi connectivity index (χ3n) is 4.73. The van der Waals surface area contributed by atoms with E-state index in [0.29, 0.717) is 12.1 Å². The quantitative estimate of drug-likeness (QED) is 0.508. The summed E-state index contributed by atoms with van der Waals surface area (Å²) in [6.07, 6.45) is 4.80. The van der Waals surface area contributed by atoms with E-state index in [4.69, 9.17) is 0 Å². The third-order valence-corrected chi connectivity index (χ3v) is 4.73. The van der Waals surface area contributed by atoms with Crippen LogP contribution >= 0.6 is 0 Å². The van der Waals surface area contributed by atoms with Crippen LogP contribution in [0.2, 0.25) is 0 Å². The average molecular weight is 350 g/mol. The number of aromatic nitrogens is 1. The zero-order valence-corrected chi connectivity index (χ0v) is 15.0. The Morgan fingerprint density at radius 3 is 2.50 bits per heavy atom. The number of aliphatic hydroxyl groups excluding tert-OH is 1. The van der Waals surface area contributed by atoms with Crippen LogP contribution in [-0.2, 0) is 9.59 Å². The molecule has 26 heavy (non-hydrogen) atoms. The van der Waals surface area contributed by atoms with Crippen LogP contribution in [0.15, 0.2) is 54.4 Å². The number of Topliss-reactive ketones (excluding diaryl/α,β-unsaturated/α-hetero) is 1. The molecular formula is C21H22N2O3. The van der Waals surface area contributed by atoms with Gasteiger partial charge >= 0.3 is 0 Å². The molecule has 1 aliphatic rings. The van der Waals surface area contributed by atoms with E-state index in [0.717, 1.165) is 24.0 Å². The van der Waals surface area contributed by atoms with Gasteiger partial charge in [0, 0.05) is 24.5 Å². The van der Waals surface area contributed by atoms with Crippen LogP contribution in [0.1, 0.15) is 42.5 Å². The number of benzene rings is 1. The van der Waals surface area contributed by atoms with Crippen molar-refractivity contribution in [1.82, 2.24) is 9.88 Å². The molecule has 2 aromatic rings. The molecule has 3 rings (SSSR count). The lowest BCUT2D eigenvalue weighted by Crippen LogP contribution is -2.30. The Morgan fingerprint density at radius 2 is 1.85 bits per heavy atom. The predicted molar refractivity (Wildman–Crippen MR) is 99.3 cm³/mol. The number of hydrogen-bond donors (Lipinski definition) is 1. The molecule has 2 heterocycles. The highest BCUT2D eigenvalue weighted by Crippen LogP contribution is 2.40. The molecule has 1 aromatic carbocycles. The second-order valence-corrected chi connectivity index (χ2v) is 6.44. The van der Waals surface area contributed by atoms with Crippen molar-refractivity contribution in [3.63, 3.8) is 0 Å². The molecule has 5 heteroatoms. The van der Waals surface area contributed by atoms with E-state index in [2.05, 4.69) is 4.98 Å². The zero-order chi connectivity index (χ0) is 18.7. The van der Waals surface area contributed by atoms with Crippen molar-refractivity contribution in [2.75, 3.05) is 6.54 Å². The number of pyridine rings is 1. The van der Waals surface area contributed by atoms with E-state index in [-0.39, 0.29) is 11.3 Å². The van der Waals surface area contributed by atoms with E-state index < -0.39 is 17.7 Å². The smallest absolute Gasteiger partial charge is 0.295 e. The maximum Gasteiger partial charge on any atom is 0.295 e. The molecule has 134 valence electrons. The molecule has 0 saturated carbocycles. The Kier molecular flexibility index (Phi) is 5.16. The molecule has 1 amide bonds. The van der Waals surface area contributed by atoms with E-state index >= 15 is 0 Å². The topological polar surface area (TPSA) is 70.5 Å². The molecule has 0 bridgehead atoms. The van der Waals surface area contributed by atoms with Crippen LogP contribution in [0, 0.1) is 6.92 Å². The van der Waals surface area contributed by atoms with Gasteiger partial charge in [-0.3, -0.25) is 14.6 Å². The van der Waals surface area contributed by atoms with Crippen molar-refractivity contribution >= 4 is 17.4 Å². The van der Waals surface area contributed by atoms with Crippen LogP contribution in [0.4, 0.5) is 0 Å². The second kappa shape index (κ2) is 7.52. The maximum atomic E-state index is 12.8. The highest BCUT2D eigenvalue weighted by molar-refractivity contribution is 6.46. The first-order chi connectivity index (χ1) is 12.6. The van der Waals surface area contributed by atoms with E-state index in [1.165, 1.54) is 0 Å². The highest BCUT2D eigenvalue weighted by Gasteiger charge is 2.46. The van der Waals surface area contributed by atoms with Crippen molar-refractivity contribution in [3.8, 4) is 0 Å². The zero-order valence-electron chi connectivity index (χ0n) is 15.0. The number of ketones is 1. The predicted octanol–water partition coefficient (Wildman–Crippen LogP) is 3.61. The lowest BCUT2D eigenvalue weighted by atomic mass is 9.92. The number of nitrogens with zero attached hydrogens (tertiary/aromatic N) is 2. The van der Waals surface area contributed by atoms with E-state index in [1.54, 1.807) is 29.4 Å². The summed E-state index contributed by atoms with van der Waals surface area (Å²) < 4.78 is 0. The molecule has 1 unspecified atom stereocenters. The summed E-state index contributed by atoms with van der Waals surface area (Å²) >= 11 is 0. The number of hydrogen-bond acceptors (Lipinski definition) is 4. The Morgan fingerprint density at radius 1 is 1.15 bits per heavy atom. The Bertz CT molecular complexity index is 859. The number of aryl methyl sites for hydroxylation is 1. The van der Waals surface area contributed by atoms with Gasteiger partial charge in [0.25, 0.3) is 11.7 Å². The van der Waals surface area contributed by atoms with Gasteiger partial charge in [0.1, 0.15) is 5.76 Å². The third kappa shape index (κ3) is 3.12. The van der Waals surface area contributed by atoms with Gasteiger partial charge in [0.2, 0.25) is 0 Å². The van der Waals surface area contributed by atoms with Crippen LogP contribution in [0.5, 0.6) is 0 Å². The first-order valence-corrected chi connectivity index (χ1v) is 8.80. The average Bonchev–Trinajstić information content (AvgIpc) is 2.91.